The highest BCUT2D eigenvalue weighted by Gasteiger charge is 2.30. The molecule has 2 aliphatic rings. The summed E-state index contributed by atoms with van der Waals surface area (Å²) in [6.45, 7) is 8.03. The summed E-state index contributed by atoms with van der Waals surface area (Å²) < 4.78 is 13.7. The van der Waals surface area contributed by atoms with Gasteiger partial charge in [-0.3, -0.25) is 4.90 Å². The number of piperazine rings is 1. The van der Waals surface area contributed by atoms with E-state index in [1.165, 1.54) is 24.5 Å². The molecule has 2 aliphatic heterocycles. The van der Waals surface area contributed by atoms with E-state index < -0.39 is 5.82 Å². The fourth-order valence-corrected chi connectivity index (χ4v) is 5.24. The molecule has 2 fully saturated rings. The van der Waals surface area contributed by atoms with E-state index >= 15 is 0 Å². The zero-order valence-corrected chi connectivity index (χ0v) is 20.9. The van der Waals surface area contributed by atoms with Crippen LogP contribution in [0.15, 0.2) is 48.5 Å². The number of halogens is 1. The van der Waals surface area contributed by atoms with Gasteiger partial charge in [-0.25, -0.2) is 9.18 Å². The first-order chi connectivity index (χ1) is 16.9. The molecule has 0 radical (unpaired) electrons. The van der Waals surface area contributed by atoms with Crippen LogP contribution in [-0.2, 0) is 6.54 Å². The first-order valence-electron chi connectivity index (χ1n) is 12.7. The Balaban J connectivity index is 1.21. The lowest BCUT2D eigenvalue weighted by Crippen LogP contribution is -2.57. The summed E-state index contributed by atoms with van der Waals surface area (Å²) >= 11 is 0. The van der Waals surface area contributed by atoms with Gasteiger partial charge in [0.15, 0.2) is 0 Å². The zero-order valence-electron chi connectivity index (χ0n) is 20.9. The number of rotatable bonds is 6. The quantitative estimate of drug-likeness (QED) is 0.612. The number of carbonyl (C=O) groups is 1. The number of nitriles is 1. The van der Waals surface area contributed by atoms with Crippen LogP contribution in [0.3, 0.4) is 0 Å². The second kappa shape index (κ2) is 11.5. The number of likely N-dealkylation sites (tertiary alicyclic amines) is 1. The smallest absolute Gasteiger partial charge is 0.320 e. The molecule has 6 nitrogen and oxygen atoms in total. The van der Waals surface area contributed by atoms with E-state index in [-0.39, 0.29) is 17.6 Å². The predicted octanol–water partition coefficient (Wildman–Crippen LogP) is 4.56. The van der Waals surface area contributed by atoms with Gasteiger partial charge in [0.2, 0.25) is 0 Å². The molecule has 0 spiro atoms. The third-order valence-corrected chi connectivity index (χ3v) is 7.46. The minimum Gasteiger partial charge on any atom is -0.368 e. The Morgan fingerprint density at radius 3 is 2.54 bits per heavy atom. The number of urea groups is 1. The zero-order chi connectivity index (χ0) is 24.8. The summed E-state index contributed by atoms with van der Waals surface area (Å²) in [6, 6.07) is 17.3. The Morgan fingerprint density at radius 1 is 1.11 bits per heavy atom. The van der Waals surface area contributed by atoms with E-state index in [0.717, 1.165) is 38.3 Å². The molecule has 0 unspecified atom stereocenters. The number of hydrogen-bond donors (Lipinski definition) is 0. The van der Waals surface area contributed by atoms with Gasteiger partial charge in [-0.15, -0.1) is 0 Å². The summed E-state index contributed by atoms with van der Waals surface area (Å²) in [6.07, 6.45) is 3.42. The molecule has 2 aromatic rings. The van der Waals surface area contributed by atoms with Gasteiger partial charge in [0.05, 0.1) is 5.56 Å². The maximum atomic E-state index is 13.7. The first-order valence-corrected chi connectivity index (χ1v) is 12.7. The monoisotopic (exact) mass is 477 g/mol. The minimum absolute atomic E-state index is 0.0375. The van der Waals surface area contributed by atoms with Crippen molar-refractivity contribution in [2.24, 2.45) is 5.92 Å². The fraction of sp³-hybridized carbons (Fsp3) is 0.500. The van der Waals surface area contributed by atoms with Gasteiger partial charge in [0.25, 0.3) is 0 Å². The molecule has 2 saturated heterocycles. The van der Waals surface area contributed by atoms with Crippen LogP contribution in [0.1, 0.15) is 37.3 Å². The van der Waals surface area contributed by atoms with E-state index in [9.17, 15) is 9.18 Å². The van der Waals surface area contributed by atoms with Crippen molar-refractivity contribution >= 4 is 11.7 Å². The first kappa shape index (κ1) is 25.0. The van der Waals surface area contributed by atoms with E-state index in [2.05, 4.69) is 47.1 Å². The van der Waals surface area contributed by atoms with Crippen molar-refractivity contribution < 1.29 is 9.18 Å². The highest BCUT2D eigenvalue weighted by atomic mass is 19.1. The van der Waals surface area contributed by atoms with Crippen LogP contribution in [0, 0.1) is 23.1 Å². The average molecular weight is 478 g/mol. The number of amides is 2. The van der Waals surface area contributed by atoms with Crippen molar-refractivity contribution in [3.63, 3.8) is 0 Å². The number of nitrogens with zero attached hydrogens (tertiary/aromatic N) is 5. The SMILES string of the molecule is C[C@@H]1CN(c2ccc(F)c(C#N)c2)CCN1C(=O)N(C)CCC1CCN(Cc2ccccc2)CC1. The van der Waals surface area contributed by atoms with Crippen molar-refractivity contribution in [3.8, 4) is 6.07 Å². The maximum Gasteiger partial charge on any atom is 0.320 e. The maximum absolute atomic E-state index is 13.7. The summed E-state index contributed by atoms with van der Waals surface area (Å²) in [7, 11) is 1.91. The second-order valence-corrected chi connectivity index (χ2v) is 9.96. The Labute approximate surface area is 208 Å². The number of benzene rings is 2. The van der Waals surface area contributed by atoms with Gasteiger partial charge in [0, 0.05) is 51.5 Å². The molecule has 2 aromatic carbocycles. The van der Waals surface area contributed by atoms with Crippen LogP contribution in [0.5, 0.6) is 0 Å². The van der Waals surface area contributed by atoms with E-state index in [4.69, 9.17) is 5.26 Å². The van der Waals surface area contributed by atoms with Crippen LogP contribution in [0.4, 0.5) is 14.9 Å². The topological polar surface area (TPSA) is 53.8 Å². The van der Waals surface area contributed by atoms with E-state index in [1.807, 2.05) is 22.9 Å². The van der Waals surface area contributed by atoms with E-state index in [0.29, 0.717) is 25.6 Å². The fourth-order valence-electron chi connectivity index (χ4n) is 5.24. The van der Waals surface area contributed by atoms with Crippen LogP contribution in [-0.4, -0.2) is 73.1 Å². The molecule has 0 N–H and O–H groups in total. The lowest BCUT2D eigenvalue weighted by Gasteiger charge is -2.42. The normalized spacial score (nSPS) is 19.4. The molecule has 35 heavy (non-hydrogen) atoms. The molecule has 1 atom stereocenters. The number of carbonyl (C=O) groups excluding carboxylic acids is 1. The third kappa shape index (κ3) is 6.32. The van der Waals surface area contributed by atoms with Crippen molar-refractivity contribution in [2.45, 2.75) is 38.8 Å². The van der Waals surface area contributed by atoms with Crippen LogP contribution in [0.25, 0.3) is 0 Å². The molecule has 0 aliphatic carbocycles. The molecular weight excluding hydrogens is 441 g/mol. The second-order valence-electron chi connectivity index (χ2n) is 9.96. The third-order valence-electron chi connectivity index (χ3n) is 7.46. The molecule has 4 rings (SSSR count). The van der Waals surface area contributed by atoms with Gasteiger partial charge in [-0.2, -0.15) is 5.26 Å². The summed E-state index contributed by atoms with van der Waals surface area (Å²) in [4.78, 5) is 21.6. The number of piperidine rings is 1. The lowest BCUT2D eigenvalue weighted by molar-refractivity contribution is 0.130. The Hall–Kier alpha value is -3.11. The van der Waals surface area contributed by atoms with Crippen LogP contribution in [0.2, 0.25) is 0 Å². The van der Waals surface area contributed by atoms with Crippen LogP contribution < -0.4 is 4.90 Å². The number of hydrogen-bond acceptors (Lipinski definition) is 4. The Bertz CT molecular complexity index is 1030. The van der Waals surface area contributed by atoms with Gasteiger partial charge >= 0.3 is 6.03 Å². The molecule has 2 amide bonds. The van der Waals surface area contributed by atoms with Crippen molar-refractivity contribution in [2.75, 3.05) is 51.2 Å². The van der Waals surface area contributed by atoms with Gasteiger partial charge in [-0.05, 0) is 69.0 Å². The summed E-state index contributed by atoms with van der Waals surface area (Å²) in [5.74, 6) is 0.168. The standard InChI is InChI=1S/C28H36FN5O/c1-22-20-33(26-8-9-27(29)25(18-26)19-30)16-17-34(22)28(35)31(2)13-10-23-11-14-32(15-12-23)21-24-6-4-3-5-7-24/h3-9,18,22-23H,10-17,20-21H2,1-2H3/t22-/m1/s1. The molecule has 186 valence electrons. The van der Waals surface area contributed by atoms with Crippen molar-refractivity contribution in [1.29, 1.82) is 5.26 Å². The molecule has 2 heterocycles. The molecule has 0 bridgehead atoms. The Morgan fingerprint density at radius 2 is 1.86 bits per heavy atom. The molecule has 0 aromatic heterocycles. The average Bonchev–Trinajstić information content (AvgIpc) is 2.88. The van der Waals surface area contributed by atoms with Gasteiger partial charge < -0.3 is 14.7 Å². The van der Waals surface area contributed by atoms with Crippen LogP contribution >= 0.6 is 0 Å². The van der Waals surface area contributed by atoms with E-state index in [1.54, 1.807) is 12.1 Å². The van der Waals surface area contributed by atoms with Gasteiger partial charge in [0.1, 0.15) is 11.9 Å². The highest BCUT2D eigenvalue weighted by molar-refractivity contribution is 5.75. The Kier molecular flexibility index (Phi) is 8.25. The van der Waals surface area contributed by atoms with Crippen molar-refractivity contribution in [3.05, 3.63) is 65.5 Å². The molecule has 0 saturated carbocycles. The predicted molar refractivity (Wildman–Crippen MR) is 137 cm³/mol. The molecule has 7 heteroatoms. The van der Waals surface area contributed by atoms with Gasteiger partial charge in [-0.1, -0.05) is 30.3 Å². The largest absolute Gasteiger partial charge is 0.368 e. The summed E-state index contributed by atoms with van der Waals surface area (Å²) in [5.41, 5.74) is 2.25. The minimum atomic E-state index is -0.499. The van der Waals surface area contributed by atoms with Crippen molar-refractivity contribution in [1.82, 2.24) is 14.7 Å². The highest BCUT2D eigenvalue weighted by Crippen LogP contribution is 2.24. The number of anilines is 1. The lowest BCUT2D eigenvalue weighted by atomic mass is 9.93. The summed E-state index contributed by atoms with van der Waals surface area (Å²) in [5, 5.41) is 9.12. The molecular formula is C28H36FN5O.